The van der Waals surface area contributed by atoms with Crippen LogP contribution in [0.4, 0.5) is 0 Å². The highest BCUT2D eigenvalue weighted by molar-refractivity contribution is 5.81. The van der Waals surface area contributed by atoms with Gasteiger partial charge in [-0.15, -0.1) is 0 Å². The van der Waals surface area contributed by atoms with Crippen LogP contribution in [0.2, 0.25) is 0 Å². The predicted molar refractivity (Wildman–Crippen MR) is 97.3 cm³/mol. The molecule has 0 spiro atoms. The van der Waals surface area contributed by atoms with Gasteiger partial charge in [0, 0.05) is 50.7 Å². The highest BCUT2D eigenvalue weighted by atomic mass is 16.5. The van der Waals surface area contributed by atoms with Crippen molar-refractivity contribution in [1.82, 2.24) is 9.88 Å². The van der Waals surface area contributed by atoms with Gasteiger partial charge < -0.3 is 19.5 Å². The third-order valence-corrected chi connectivity index (χ3v) is 5.48. The van der Waals surface area contributed by atoms with Crippen LogP contribution in [0.1, 0.15) is 19.3 Å². The number of pyridine rings is 1. The summed E-state index contributed by atoms with van der Waals surface area (Å²) in [5.74, 6) is 0.277. The first-order valence-corrected chi connectivity index (χ1v) is 9.22. The van der Waals surface area contributed by atoms with Crippen LogP contribution in [-0.2, 0) is 9.53 Å². The van der Waals surface area contributed by atoms with Crippen molar-refractivity contribution >= 4 is 16.9 Å². The van der Waals surface area contributed by atoms with Crippen molar-refractivity contribution in [2.45, 2.75) is 24.9 Å². The lowest BCUT2D eigenvalue weighted by atomic mass is 9.90. The Hall–Kier alpha value is -2.18. The van der Waals surface area contributed by atoms with Crippen molar-refractivity contribution in [2.24, 2.45) is 5.92 Å². The minimum Gasteiger partial charge on any atom is -0.478 e. The summed E-state index contributed by atoms with van der Waals surface area (Å²) in [4.78, 5) is 18.7. The number of carbonyl (C=O) groups is 1. The Morgan fingerprint density at radius 2 is 2.19 bits per heavy atom. The molecule has 0 bridgehead atoms. The van der Waals surface area contributed by atoms with Crippen LogP contribution in [0.25, 0.3) is 10.9 Å². The van der Waals surface area contributed by atoms with Crippen molar-refractivity contribution in [3.05, 3.63) is 36.5 Å². The number of hydrogen-bond acceptors (Lipinski definition) is 5. The fourth-order valence-corrected chi connectivity index (χ4v) is 3.89. The van der Waals surface area contributed by atoms with E-state index in [9.17, 15) is 9.90 Å². The number of nitrogens with zero attached hydrogens (tertiary/aromatic N) is 2. The zero-order valence-electron chi connectivity index (χ0n) is 14.8. The number of hydrogen-bond donors (Lipinski definition) is 1. The fourth-order valence-electron chi connectivity index (χ4n) is 3.89. The van der Waals surface area contributed by atoms with Crippen LogP contribution in [0.15, 0.2) is 36.5 Å². The van der Waals surface area contributed by atoms with E-state index in [1.165, 1.54) is 0 Å². The summed E-state index contributed by atoms with van der Waals surface area (Å²) >= 11 is 0. The summed E-state index contributed by atoms with van der Waals surface area (Å²) in [6, 6.07) is 9.37. The van der Waals surface area contributed by atoms with Crippen molar-refractivity contribution < 1.29 is 19.4 Å². The maximum atomic E-state index is 12.0. The molecular formula is C20H24N2O4. The first-order chi connectivity index (χ1) is 12.6. The van der Waals surface area contributed by atoms with E-state index in [0.29, 0.717) is 24.5 Å². The summed E-state index contributed by atoms with van der Waals surface area (Å²) in [6.45, 7) is 4.12. The molecule has 1 aromatic carbocycles. The average Bonchev–Trinajstić information content (AvgIpc) is 3.16. The molecule has 0 unspecified atom stereocenters. The molecule has 4 rings (SSSR count). The van der Waals surface area contributed by atoms with Crippen LogP contribution < -0.4 is 4.74 Å². The van der Waals surface area contributed by atoms with E-state index in [2.05, 4.69) is 9.88 Å². The SMILES string of the molecule is O=C(O)C1(Oc2ccc3ncccc3c2)CCN(C[C@H]2CCOC2)CC1. The summed E-state index contributed by atoms with van der Waals surface area (Å²) in [7, 11) is 0. The predicted octanol–water partition coefficient (Wildman–Crippen LogP) is 2.57. The van der Waals surface area contributed by atoms with Gasteiger partial charge in [-0.25, -0.2) is 4.79 Å². The molecule has 26 heavy (non-hydrogen) atoms. The molecule has 1 aromatic heterocycles. The van der Waals surface area contributed by atoms with E-state index in [1.807, 2.05) is 30.3 Å². The molecule has 0 aliphatic carbocycles. The third-order valence-electron chi connectivity index (χ3n) is 5.48. The molecule has 0 saturated carbocycles. The maximum absolute atomic E-state index is 12.0. The van der Waals surface area contributed by atoms with E-state index < -0.39 is 11.6 Å². The molecule has 2 saturated heterocycles. The zero-order valence-corrected chi connectivity index (χ0v) is 14.8. The van der Waals surface area contributed by atoms with Gasteiger partial charge in [-0.05, 0) is 36.6 Å². The number of benzene rings is 1. The van der Waals surface area contributed by atoms with Gasteiger partial charge in [0.15, 0.2) is 0 Å². The number of likely N-dealkylation sites (tertiary alicyclic amines) is 1. The van der Waals surface area contributed by atoms with Crippen LogP contribution >= 0.6 is 0 Å². The van der Waals surface area contributed by atoms with E-state index in [4.69, 9.17) is 9.47 Å². The second-order valence-corrected chi connectivity index (χ2v) is 7.29. The Labute approximate surface area is 152 Å². The van der Waals surface area contributed by atoms with Gasteiger partial charge in [0.1, 0.15) is 5.75 Å². The highest BCUT2D eigenvalue weighted by Gasteiger charge is 2.44. The lowest BCUT2D eigenvalue weighted by Gasteiger charge is -2.39. The zero-order chi connectivity index (χ0) is 18.0. The van der Waals surface area contributed by atoms with Gasteiger partial charge in [-0.2, -0.15) is 0 Å². The lowest BCUT2D eigenvalue weighted by Crippen LogP contribution is -2.53. The molecule has 3 heterocycles. The van der Waals surface area contributed by atoms with Gasteiger partial charge in [0.05, 0.1) is 12.1 Å². The van der Waals surface area contributed by atoms with Gasteiger partial charge in [0.25, 0.3) is 0 Å². The van der Waals surface area contributed by atoms with Crippen molar-refractivity contribution in [3.63, 3.8) is 0 Å². The second-order valence-electron chi connectivity index (χ2n) is 7.29. The van der Waals surface area contributed by atoms with Gasteiger partial charge in [-0.1, -0.05) is 6.07 Å². The summed E-state index contributed by atoms with van der Waals surface area (Å²) in [6.07, 6.45) is 3.82. The number of aliphatic carboxylic acids is 1. The standard InChI is InChI=1S/C20H24N2O4/c23-19(24)20(6-9-22(10-7-20)13-15-5-11-25-14-15)26-17-3-4-18-16(12-17)2-1-8-21-18/h1-4,8,12,15H,5-7,9-11,13-14H2,(H,23,24)/t15-/m1/s1. The largest absolute Gasteiger partial charge is 0.478 e. The molecule has 2 aliphatic rings. The molecule has 2 fully saturated rings. The molecular weight excluding hydrogens is 332 g/mol. The number of rotatable bonds is 5. The normalized spacial score (nSPS) is 23.2. The van der Waals surface area contributed by atoms with E-state index in [0.717, 1.165) is 50.2 Å². The number of ether oxygens (including phenoxy) is 2. The summed E-state index contributed by atoms with van der Waals surface area (Å²) in [5.41, 5.74) is -0.281. The highest BCUT2D eigenvalue weighted by Crippen LogP contribution is 2.31. The van der Waals surface area contributed by atoms with E-state index >= 15 is 0 Å². The molecule has 2 aromatic rings. The molecule has 0 amide bonds. The molecule has 1 atom stereocenters. The Kier molecular flexibility index (Phi) is 4.78. The van der Waals surface area contributed by atoms with Crippen molar-refractivity contribution in [3.8, 4) is 5.75 Å². The Morgan fingerprint density at radius 1 is 1.35 bits per heavy atom. The number of carboxylic acids is 1. The maximum Gasteiger partial charge on any atom is 0.348 e. The number of carboxylic acid groups (broad SMARTS) is 1. The molecule has 138 valence electrons. The Morgan fingerprint density at radius 3 is 2.92 bits per heavy atom. The minimum atomic E-state index is -1.15. The topological polar surface area (TPSA) is 71.9 Å². The van der Waals surface area contributed by atoms with Crippen LogP contribution in [0.5, 0.6) is 5.75 Å². The number of aromatic nitrogens is 1. The minimum absolute atomic E-state index is 0.487. The van der Waals surface area contributed by atoms with Crippen LogP contribution in [0, 0.1) is 5.92 Å². The van der Waals surface area contributed by atoms with E-state index in [1.54, 1.807) is 6.20 Å². The molecule has 6 nitrogen and oxygen atoms in total. The van der Waals surface area contributed by atoms with Gasteiger partial charge >= 0.3 is 5.97 Å². The number of piperidine rings is 1. The van der Waals surface area contributed by atoms with Crippen LogP contribution in [0.3, 0.4) is 0 Å². The lowest BCUT2D eigenvalue weighted by molar-refractivity contribution is -0.159. The molecule has 2 aliphatic heterocycles. The van der Waals surface area contributed by atoms with E-state index in [-0.39, 0.29) is 0 Å². The monoisotopic (exact) mass is 356 g/mol. The average molecular weight is 356 g/mol. The Bertz CT molecular complexity index is 780. The smallest absolute Gasteiger partial charge is 0.348 e. The van der Waals surface area contributed by atoms with Crippen LogP contribution in [-0.4, -0.2) is 59.4 Å². The second kappa shape index (κ2) is 7.21. The molecule has 0 radical (unpaired) electrons. The third kappa shape index (κ3) is 3.52. The quantitative estimate of drug-likeness (QED) is 0.888. The first kappa shape index (κ1) is 17.2. The van der Waals surface area contributed by atoms with Crippen molar-refractivity contribution in [2.75, 3.05) is 32.8 Å². The summed E-state index contributed by atoms with van der Waals surface area (Å²) < 4.78 is 11.5. The summed E-state index contributed by atoms with van der Waals surface area (Å²) in [5, 5.41) is 10.8. The van der Waals surface area contributed by atoms with Gasteiger partial charge in [-0.3, -0.25) is 4.98 Å². The first-order valence-electron chi connectivity index (χ1n) is 9.22. The van der Waals surface area contributed by atoms with Crippen molar-refractivity contribution in [1.29, 1.82) is 0 Å². The fraction of sp³-hybridized carbons (Fsp3) is 0.500. The van der Waals surface area contributed by atoms with Gasteiger partial charge in [0.2, 0.25) is 5.60 Å². The molecule has 1 N–H and O–H groups in total. The molecule has 6 heteroatoms. The number of fused-ring (bicyclic) bond motifs is 1. The Balaban J connectivity index is 1.45.